The molecule has 2 aliphatic rings. The van der Waals surface area contributed by atoms with Crippen molar-refractivity contribution in [2.24, 2.45) is 0 Å². The van der Waals surface area contributed by atoms with Gasteiger partial charge in [-0.15, -0.1) is 0 Å². The average molecular weight is 470 g/mol. The standard InChI is InChI=1S/C29H27NO5/c1-4-34-22-10-7-9-19(16-22)26-25(27(31)20-12-13-24-21(15-20)14-18(3)35-24)28(32)29(33)30(26)23-11-6-5-8-17(23)2/h5-13,15-16,18,26,31H,4,14H2,1-3H3/b27-25-. The fraction of sp³-hybridized carbons (Fsp3) is 0.241. The smallest absolute Gasteiger partial charge is 0.300 e. The molecule has 0 spiro atoms. The number of rotatable bonds is 5. The number of aryl methyl sites for hydroxylation is 1. The Bertz CT molecular complexity index is 1360. The van der Waals surface area contributed by atoms with Crippen LogP contribution in [0.2, 0.25) is 0 Å². The molecule has 0 radical (unpaired) electrons. The summed E-state index contributed by atoms with van der Waals surface area (Å²) in [5, 5.41) is 11.5. The minimum Gasteiger partial charge on any atom is -0.507 e. The number of ether oxygens (including phenoxy) is 2. The minimum atomic E-state index is -0.806. The molecule has 0 bridgehead atoms. The van der Waals surface area contributed by atoms with Gasteiger partial charge < -0.3 is 14.6 Å². The monoisotopic (exact) mass is 469 g/mol. The fourth-order valence-corrected chi connectivity index (χ4v) is 4.90. The van der Waals surface area contributed by atoms with E-state index >= 15 is 0 Å². The molecule has 3 aromatic rings. The molecule has 2 atom stereocenters. The van der Waals surface area contributed by atoms with Crippen molar-refractivity contribution in [1.82, 2.24) is 0 Å². The SMILES string of the molecule is CCOc1cccc(C2/C(=C(/O)c3ccc4c(c3)CC(C)O4)C(=O)C(=O)N2c2ccccc2C)c1. The summed E-state index contributed by atoms with van der Waals surface area (Å²) in [6, 6.07) is 19.3. The van der Waals surface area contributed by atoms with Crippen LogP contribution in [0, 0.1) is 6.92 Å². The zero-order chi connectivity index (χ0) is 24.7. The Morgan fingerprint density at radius 1 is 1.09 bits per heavy atom. The number of nitrogens with zero attached hydrogens (tertiary/aromatic N) is 1. The van der Waals surface area contributed by atoms with E-state index in [0.717, 1.165) is 16.9 Å². The highest BCUT2D eigenvalue weighted by Gasteiger charge is 2.47. The van der Waals surface area contributed by atoms with Crippen molar-refractivity contribution >= 4 is 23.1 Å². The van der Waals surface area contributed by atoms with E-state index in [9.17, 15) is 14.7 Å². The van der Waals surface area contributed by atoms with Gasteiger partial charge in [-0.05, 0) is 73.9 Å². The predicted octanol–water partition coefficient (Wildman–Crippen LogP) is 5.34. The van der Waals surface area contributed by atoms with E-state index in [1.807, 2.05) is 75.4 Å². The molecule has 1 amide bonds. The molecule has 2 aliphatic heterocycles. The second kappa shape index (κ2) is 8.95. The molecule has 0 aromatic heterocycles. The first-order valence-corrected chi connectivity index (χ1v) is 11.8. The van der Waals surface area contributed by atoms with Crippen molar-refractivity contribution in [3.63, 3.8) is 0 Å². The van der Waals surface area contributed by atoms with Crippen LogP contribution in [0.4, 0.5) is 5.69 Å². The number of para-hydroxylation sites is 1. The summed E-state index contributed by atoms with van der Waals surface area (Å²) in [6.07, 6.45) is 0.767. The van der Waals surface area contributed by atoms with Crippen molar-refractivity contribution in [2.45, 2.75) is 39.3 Å². The summed E-state index contributed by atoms with van der Waals surface area (Å²) < 4.78 is 11.5. The van der Waals surface area contributed by atoms with Crippen molar-refractivity contribution in [3.05, 3.63) is 94.6 Å². The molecule has 3 aromatic carbocycles. The molecule has 35 heavy (non-hydrogen) atoms. The highest BCUT2D eigenvalue weighted by atomic mass is 16.5. The molecule has 1 saturated heterocycles. The molecular weight excluding hydrogens is 442 g/mol. The van der Waals surface area contributed by atoms with Crippen LogP contribution in [0.25, 0.3) is 5.76 Å². The van der Waals surface area contributed by atoms with Gasteiger partial charge in [0, 0.05) is 17.7 Å². The summed E-state index contributed by atoms with van der Waals surface area (Å²) in [5.41, 5.74) is 3.65. The lowest BCUT2D eigenvalue weighted by Crippen LogP contribution is -2.30. The first-order chi connectivity index (χ1) is 16.9. The number of fused-ring (bicyclic) bond motifs is 1. The highest BCUT2D eigenvalue weighted by molar-refractivity contribution is 6.51. The maximum atomic E-state index is 13.4. The van der Waals surface area contributed by atoms with E-state index in [2.05, 4.69) is 0 Å². The topological polar surface area (TPSA) is 76.1 Å². The van der Waals surface area contributed by atoms with E-state index in [0.29, 0.717) is 35.6 Å². The molecule has 6 nitrogen and oxygen atoms in total. The normalized spacial score (nSPS) is 20.6. The first kappa shape index (κ1) is 22.7. The minimum absolute atomic E-state index is 0.0512. The molecule has 6 heteroatoms. The van der Waals surface area contributed by atoms with Crippen LogP contribution in [0.1, 0.15) is 42.1 Å². The van der Waals surface area contributed by atoms with E-state index in [1.165, 1.54) is 4.90 Å². The van der Waals surface area contributed by atoms with E-state index in [-0.39, 0.29) is 17.4 Å². The second-order valence-electron chi connectivity index (χ2n) is 8.92. The van der Waals surface area contributed by atoms with Crippen LogP contribution >= 0.6 is 0 Å². The van der Waals surface area contributed by atoms with Gasteiger partial charge in [-0.1, -0.05) is 30.3 Å². The third-order valence-corrected chi connectivity index (χ3v) is 6.47. The van der Waals surface area contributed by atoms with Crippen LogP contribution in [0.3, 0.4) is 0 Å². The molecule has 178 valence electrons. The number of carbonyl (C=O) groups is 2. The Morgan fingerprint density at radius 3 is 2.66 bits per heavy atom. The van der Waals surface area contributed by atoms with E-state index in [4.69, 9.17) is 9.47 Å². The zero-order valence-corrected chi connectivity index (χ0v) is 19.9. The number of anilines is 1. The number of aliphatic hydroxyl groups excluding tert-OH is 1. The number of hydrogen-bond acceptors (Lipinski definition) is 5. The van der Waals surface area contributed by atoms with Crippen molar-refractivity contribution in [1.29, 1.82) is 0 Å². The number of amides is 1. The summed E-state index contributed by atoms with van der Waals surface area (Å²) in [5.74, 6) is -0.193. The van der Waals surface area contributed by atoms with Gasteiger partial charge in [-0.25, -0.2) is 0 Å². The van der Waals surface area contributed by atoms with Crippen LogP contribution in [-0.2, 0) is 16.0 Å². The zero-order valence-electron chi connectivity index (χ0n) is 19.9. The molecule has 1 N–H and O–H groups in total. The third kappa shape index (κ3) is 3.95. The van der Waals surface area contributed by atoms with Gasteiger partial charge in [0.2, 0.25) is 0 Å². The van der Waals surface area contributed by atoms with Crippen LogP contribution in [0.15, 0.2) is 72.3 Å². The summed E-state index contributed by atoms with van der Waals surface area (Å²) in [4.78, 5) is 28.3. The lowest BCUT2D eigenvalue weighted by Gasteiger charge is -2.27. The van der Waals surface area contributed by atoms with Gasteiger partial charge in [-0.2, -0.15) is 0 Å². The van der Waals surface area contributed by atoms with Crippen LogP contribution in [0.5, 0.6) is 11.5 Å². The Hall–Kier alpha value is -4.06. The Morgan fingerprint density at radius 2 is 1.89 bits per heavy atom. The largest absolute Gasteiger partial charge is 0.507 e. The number of hydrogen-bond donors (Lipinski definition) is 1. The van der Waals surface area contributed by atoms with Gasteiger partial charge in [-0.3, -0.25) is 14.5 Å². The Labute approximate surface area is 204 Å². The van der Waals surface area contributed by atoms with Crippen molar-refractivity contribution in [3.8, 4) is 11.5 Å². The van der Waals surface area contributed by atoms with Gasteiger partial charge in [0.15, 0.2) is 0 Å². The number of Topliss-reactive ketones (excluding diaryl/α,β-unsaturated/α-hetero) is 1. The molecule has 0 aliphatic carbocycles. The number of carbonyl (C=O) groups excluding carboxylic acids is 2. The van der Waals surface area contributed by atoms with Crippen LogP contribution in [-0.4, -0.2) is 29.5 Å². The Kier molecular flexibility index (Phi) is 5.81. The molecule has 2 heterocycles. The molecule has 2 unspecified atom stereocenters. The van der Waals surface area contributed by atoms with E-state index < -0.39 is 17.7 Å². The highest BCUT2D eigenvalue weighted by Crippen LogP contribution is 2.44. The Balaban J connectivity index is 1.70. The molecular formula is C29H27NO5. The van der Waals surface area contributed by atoms with Crippen molar-refractivity contribution in [2.75, 3.05) is 11.5 Å². The second-order valence-corrected chi connectivity index (χ2v) is 8.92. The first-order valence-electron chi connectivity index (χ1n) is 11.8. The van der Waals surface area contributed by atoms with Crippen LogP contribution < -0.4 is 14.4 Å². The van der Waals surface area contributed by atoms with Gasteiger partial charge in [0.25, 0.3) is 11.7 Å². The number of ketones is 1. The summed E-state index contributed by atoms with van der Waals surface area (Å²) >= 11 is 0. The number of aliphatic hydroxyl groups is 1. The average Bonchev–Trinajstić information content (AvgIpc) is 3.35. The third-order valence-electron chi connectivity index (χ3n) is 6.47. The van der Waals surface area contributed by atoms with E-state index in [1.54, 1.807) is 12.1 Å². The molecule has 1 fully saturated rings. The maximum absolute atomic E-state index is 13.4. The predicted molar refractivity (Wildman–Crippen MR) is 134 cm³/mol. The lowest BCUT2D eigenvalue weighted by atomic mass is 9.94. The number of benzene rings is 3. The quantitative estimate of drug-likeness (QED) is 0.310. The summed E-state index contributed by atoms with van der Waals surface area (Å²) in [7, 11) is 0. The van der Waals surface area contributed by atoms with Gasteiger partial charge in [0.1, 0.15) is 23.4 Å². The molecule has 0 saturated carbocycles. The fourth-order valence-electron chi connectivity index (χ4n) is 4.90. The van der Waals surface area contributed by atoms with Crippen molar-refractivity contribution < 1.29 is 24.2 Å². The maximum Gasteiger partial charge on any atom is 0.300 e. The molecule has 5 rings (SSSR count). The van der Waals surface area contributed by atoms with Gasteiger partial charge in [0.05, 0.1) is 18.2 Å². The summed E-state index contributed by atoms with van der Waals surface area (Å²) in [6.45, 7) is 6.25. The van der Waals surface area contributed by atoms with Gasteiger partial charge >= 0.3 is 0 Å². The lowest BCUT2D eigenvalue weighted by molar-refractivity contribution is -0.132.